The molecule has 7 nitrogen and oxygen atoms in total. The van der Waals surface area contributed by atoms with Gasteiger partial charge in [0, 0.05) is 41.1 Å². The largest absolute Gasteiger partial charge is 0.507 e. The number of aromatic nitrogens is 3. The van der Waals surface area contributed by atoms with Gasteiger partial charge in [0.2, 0.25) is 5.95 Å². The van der Waals surface area contributed by atoms with E-state index in [9.17, 15) is 9.90 Å². The molecule has 2 aromatic carbocycles. The quantitative estimate of drug-likeness (QED) is 0.406. The van der Waals surface area contributed by atoms with Crippen LogP contribution in [0.5, 0.6) is 5.75 Å². The highest BCUT2D eigenvalue weighted by Gasteiger charge is 2.11. The zero-order valence-electron chi connectivity index (χ0n) is 16.1. The maximum atomic E-state index is 12.3. The second-order valence-corrected chi connectivity index (χ2v) is 7.04. The van der Waals surface area contributed by atoms with Crippen molar-refractivity contribution in [2.75, 3.05) is 10.6 Å². The summed E-state index contributed by atoms with van der Waals surface area (Å²) in [6.07, 6.45) is 3.43. The van der Waals surface area contributed by atoms with Crippen molar-refractivity contribution in [3.63, 3.8) is 0 Å². The summed E-state index contributed by atoms with van der Waals surface area (Å²) < 4.78 is 0. The van der Waals surface area contributed by atoms with Gasteiger partial charge in [-0.25, -0.2) is 9.97 Å². The molecule has 2 heterocycles. The summed E-state index contributed by atoms with van der Waals surface area (Å²) in [5.41, 5.74) is 3.18. The lowest BCUT2D eigenvalue weighted by Crippen LogP contribution is -2.12. The number of phenolic OH excluding ortho intramolecular Hbond substituents is 1. The van der Waals surface area contributed by atoms with Gasteiger partial charge in [-0.05, 0) is 49.7 Å². The molecule has 0 unspecified atom stereocenters. The summed E-state index contributed by atoms with van der Waals surface area (Å²) in [7, 11) is 0. The predicted molar refractivity (Wildman–Crippen MR) is 114 cm³/mol. The van der Waals surface area contributed by atoms with E-state index in [1.54, 1.807) is 36.7 Å². The Morgan fingerprint density at radius 2 is 2.00 bits per heavy atom. The third kappa shape index (κ3) is 4.03. The minimum absolute atomic E-state index is 0.111. The van der Waals surface area contributed by atoms with Gasteiger partial charge < -0.3 is 20.7 Å². The number of hydrogen-bond donors (Lipinski definition) is 4. The molecule has 4 rings (SSSR count). The van der Waals surface area contributed by atoms with Crippen LogP contribution >= 0.6 is 0 Å². The molecule has 146 valence electrons. The Hall–Kier alpha value is -3.87. The van der Waals surface area contributed by atoms with Crippen LogP contribution in [0.2, 0.25) is 0 Å². The molecule has 0 aliphatic carbocycles. The molecule has 0 spiro atoms. The van der Waals surface area contributed by atoms with Crippen LogP contribution in [-0.4, -0.2) is 32.0 Å². The Balaban J connectivity index is 1.65. The third-order valence-electron chi connectivity index (χ3n) is 4.39. The monoisotopic (exact) mass is 387 g/mol. The Morgan fingerprint density at radius 3 is 2.76 bits per heavy atom. The van der Waals surface area contributed by atoms with Gasteiger partial charge in [-0.1, -0.05) is 12.1 Å². The van der Waals surface area contributed by atoms with Crippen LogP contribution < -0.4 is 10.6 Å². The van der Waals surface area contributed by atoms with E-state index >= 15 is 0 Å². The standard InChI is InChI=1S/C22H21N5O2/c1-13(2)25-22-24-12-15-10-17(20(28)11-19(15)27-22)14-5-3-6-16(9-14)26-21(29)18-7-4-8-23-18/h3-13,23,28H,1-2H3,(H,26,29)(H,24,25,27). The normalized spacial score (nSPS) is 11.0. The maximum absolute atomic E-state index is 12.3. The van der Waals surface area contributed by atoms with Gasteiger partial charge in [-0.3, -0.25) is 4.79 Å². The highest BCUT2D eigenvalue weighted by atomic mass is 16.3. The van der Waals surface area contributed by atoms with Gasteiger partial charge in [0.1, 0.15) is 11.4 Å². The fraction of sp³-hybridized carbons (Fsp3) is 0.136. The molecule has 0 atom stereocenters. The van der Waals surface area contributed by atoms with Gasteiger partial charge >= 0.3 is 0 Å². The molecular weight excluding hydrogens is 366 g/mol. The molecule has 0 bridgehead atoms. The van der Waals surface area contributed by atoms with Crippen molar-refractivity contribution in [3.8, 4) is 16.9 Å². The Bertz CT molecular complexity index is 1170. The van der Waals surface area contributed by atoms with E-state index < -0.39 is 0 Å². The van der Waals surface area contributed by atoms with Crippen molar-refractivity contribution in [1.29, 1.82) is 0 Å². The lowest BCUT2D eigenvalue weighted by Gasteiger charge is -2.11. The molecule has 7 heteroatoms. The minimum Gasteiger partial charge on any atom is -0.507 e. The van der Waals surface area contributed by atoms with E-state index in [-0.39, 0.29) is 17.7 Å². The zero-order valence-corrected chi connectivity index (χ0v) is 16.1. The first kappa shape index (κ1) is 18.5. The highest BCUT2D eigenvalue weighted by molar-refractivity contribution is 6.03. The number of fused-ring (bicyclic) bond motifs is 1. The first-order valence-electron chi connectivity index (χ1n) is 9.31. The first-order chi connectivity index (χ1) is 14.0. The molecule has 4 N–H and O–H groups in total. The number of aromatic amines is 1. The number of carbonyl (C=O) groups excluding carboxylic acids is 1. The molecule has 0 fully saturated rings. The summed E-state index contributed by atoms with van der Waals surface area (Å²) >= 11 is 0. The first-order valence-corrected chi connectivity index (χ1v) is 9.31. The predicted octanol–water partition coefficient (Wildman–Crippen LogP) is 4.40. The van der Waals surface area contributed by atoms with Crippen LogP contribution in [0.25, 0.3) is 22.0 Å². The van der Waals surface area contributed by atoms with E-state index in [4.69, 9.17) is 0 Å². The number of nitrogens with one attached hydrogen (secondary N) is 3. The molecule has 0 aliphatic rings. The van der Waals surface area contributed by atoms with E-state index in [1.165, 1.54) is 0 Å². The van der Waals surface area contributed by atoms with Crippen LogP contribution in [0.4, 0.5) is 11.6 Å². The minimum atomic E-state index is -0.228. The lowest BCUT2D eigenvalue weighted by molar-refractivity contribution is 0.102. The summed E-state index contributed by atoms with van der Waals surface area (Å²) in [5.74, 6) is 0.404. The third-order valence-corrected chi connectivity index (χ3v) is 4.39. The molecule has 2 aromatic heterocycles. The average Bonchev–Trinajstić information content (AvgIpc) is 3.22. The number of phenols is 1. The van der Waals surface area contributed by atoms with Crippen LogP contribution in [0.15, 0.2) is 60.9 Å². The molecule has 0 saturated carbocycles. The maximum Gasteiger partial charge on any atom is 0.272 e. The Kier molecular flexibility index (Phi) is 4.87. The number of amides is 1. The number of anilines is 2. The van der Waals surface area contributed by atoms with Crippen molar-refractivity contribution in [2.45, 2.75) is 19.9 Å². The van der Waals surface area contributed by atoms with Gasteiger partial charge in [-0.2, -0.15) is 0 Å². The van der Waals surface area contributed by atoms with Crippen LogP contribution in [0.3, 0.4) is 0 Å². The van der Waals surface area contributed by atoms with Crippen molar-refractivity contribution in [2.24, 2.45) is 0 Å². The number of aromatic hydroxyl groups is 1. The van der Waals surface area contributed by atoms with Crippen molar-refractivity contribution in [3.05, 3.63) is 66.6 Å². The fourth-order valence-electron chi connectivity index (χ4n) is 3.06. The summed E-state index contributed by atoms with van der Waals surface area (Å²) in [6, 6.07) is 14.5. The smallest absolute Gasteiger partial charge is 0.272 e. The van der Waals surface area contributed by atoms with Crippen molar-refractivity contribution in [1.82, 2.24) is 15.0 Å². The summed E-state index contributed by atoms with van der Waals surface area (Å²) in [6.45, 7) is 4.02. The van der Waals surface area contributed by atoms with Gasteiger partial charge in [0.15, 0.2) is 0 Å². The lowest BCUT2D eigenvalue weighted by atomic mass is 10.0. The van der Waals surface area contributed by atoms with E-state index in [0.29, 0.717) is 28.4 Å². The SMILES string of the molecule is CC(C)Nc1ncc2cc(-c3cccc(NC(=O)c4ccc[nH]4)c3)c(O)cc2n1. The van der Waals surface area contributed by atoms with E-state index in [0.717, 1.165) is 10.9 Å². The van der Waals surface area contributed by atoms with Gasteiger partial charge in [0.25, 0.3) is 5.91 Å². The van der Waals surface area contributed by atoms with Crippen LogP contribution in [0.1, 0.15) is 24.3 Å². The number of hydrogen-bond acceptors (Lipinski definition) is 5. The fourth-order valence-corrected chi connectivity index (χ4v) is 3.06. The Morgan fingerprint density at radius 1 is 1.14 bits per heavy atom. The topological polar surface area (TPSA) is 103 Å². The van der Waals surface area contributed by atoms with Gasteiger partial charge in [0.05, 0.1) is 5.52 Å². The molecular formula is C22H21N5O2. The number of nitrogens with zero attached hydrogens (tertiary/aromatic N) is 2. The van der Waals surface area contributed by atoms with E-state index in [1.807, 2.05) is 38.1 Å². The van der Waals surface area contributed by atoms with Crippen LogP contribution in [0, 0.1) is 0 Å². The molecule has 4 aromatic rings. The molecule has 0 radical (unpaired) electrons. The highest BCUT2D eigenvalue weighted by Crippen LogP contribution is 2.34. The molecule has 0 aliphatic heterocycles. The van der Waals surface area contributed by atoms with Gasteiger partial charge in [-0.15, -0.1) is 0 Å². The molecule has 1 amide bonds. The van der Waals surface area contributed by atoms with Crippen LogP contribution in [-0.2, 0) is 0 Å². The van der Waals surface area contributed by atoms with Crippen molar-refractivity contribution >= 4 is 28.4 Å². The number of benzene rings is 2. The summed E-state index contributed by atoms with van der Waals surface area (Å²) in [4.78, 5) is 23.9. The number of carbonyl (C=O) groups is 1. The molecule has 29 heavy (non-hydrogen) atoms. The average molecular weight is 387 g/mol. The number of rotatable bonds is 5. The van der Waals surface area contributed by atoms with Crippen molar-refractivity contribution < 1.29 is 9.90 Å². The summed E-state index contributed by atoms with van der Waals surface area (Å²) in [5, 5.41) is 17.4. The Labute approximate surface area is 167 Å². The second kappa shape index (κ2) is 7.63. The molecule has 0 saturated heterocycles. The number of H-pyrrole nitrogens is 1. The van der Waals surface area contributed by atoms with E-state index in [2.05, 4.69) is 25.6 Å². The second-order valence-electron chi connectivity index (χ2n) is 7.04. The zero-order chi connectivity index (χ0) is 20.4.